The molecule has 0 saturated heterocycles. The molecule has 62 heavy (non-hydrogen) atoms. The topological polar surface area (TPSA) is 159 Å². The number of ether oxygens (including phenoxy) is 4. The minimum Gasteiger partial charge on any atom is -0.461 e. The van der Waals surface area contributed by atoms with E-state index in [2.05, 4.69) is 15.6 Å². The highest BCUT2D eigenvalue weighted by Crippen LogP contribution is 2.30. The van der Waals surface area contributed by atoms with Crippen molar-refractivity contribution in [3.05, 3.63) is 130 Å². The monoisotopic (exact) mass is 879 g/mol. The zero-order chi connectivity index (χ0) is 45.7. The summed E-state index contributed by atoms with van der Waals surface area (Å²) in [5, 5.41) is 4.94. The summed E-state index contributed by atoms with van der Waals surface area (Å²) in [7, 11) is 0. The predicted molar refractivity (Wildman–Crippen MR) is 226 cm³/mol. The maximum Gasteiger partial charge on any atom is 0.416 e. The molecule has 0 fully saturated rings. The van der Waals surface area contributed by atoms with Crippen molar-refractivity contribution >= 4 is 53.2 Å². The third-order valence-corrected chi connectivity index (χ3v) is 8.89. The van der Waals surface area contributed by atoms with Gasteiger partial charge in [0.05, 0.1) is 22.7 Å². The summed E-state index contributed by atoms with van der Waals surface area (Å²) in [4.78, 5) is 68.3. The SMILES string of the molecule is CC(C)(C)OC(=O)NC(=Nc1ccc(C(=O)Oc2ccc(CC(=O)CCCC(Cc3ccc(C(F)(F)F)cc3)C(=O)OCc3ccccc3)c(Cl)c2)cc1)NC(=O)OC(C)(C)C. The van der Waals surface area contributed by atoms with Crippen molar-refractivity contribution in [1.29, 1.82) is 0 Å². The third-order valence-electron chi connectivity index (χ3n) is 8.53. The smallest absolute Gasteiger partial charge is 0.416 e. The van der Waals surface area contributed by atoms with Crippen LogP contribution in [-0.2, 0) is 49.4 Å². The molecule has 16 heteroatoms. The van der Waals surface area contributed by atoms with E-state index < -0.39 is 53.0 Å². The van der Waals surface area contributed by atoms with Crippen molar-refractivity contribution in [2.75, 3.05) is 0 Å². The number of Topliss-reactive ketones (excluding diaryl/α,β-unsaturated/α-hetero) is 1. The van der Waals surface area contributed by atoms with Gasteiger partial charge in [0.15, 0.2) is 0 Å². The van der Waals surface area contributed by atoms with E-state index in [9.17, 15) is 37.1 Å². The summed E-state index contributed by atoms with van der Waals surface area (Å²) in [5.74, 6) is -2.29. The molecular weight excluding hydrogens is 831 g/mol. The molecule has 0 spiro atoms. The predicted octanol–water partition coefficient (Wildman–Crippen LogP) is 10.5. The van der Waals surface area contributed by atoms with Gasteiger partial charge in [-0.1, -0.05) is 60.1 Å². The van der Waals surface area contributed by atoms with E-state index in [1.807, 2.05) is 18.2 Å². The molecule has 12 nitrogen and oxygen atoms in total. The Morgan fingerprint density at radius 1 is 0.742 bits per heavy atom. The Hall–Kier alpha value is -6.22. The van der Waals surface area contributed by atoms with Crippen LogP contribution in [0.1, 0.15) is 93.4 Å². The molecule has 0 aliphatic heterocycles. The zero-order valence-electron chi connectivity index (χ0n) is 35.2. The number of esters is 2. The number of carbonyl (C=O) groups is 5. The number of carbonyl (C=O) groups excluding carboxylic acids is 5. The van der Waals surface area contributed by atoms with Crippen LogP contribution in [-0.4, -0.2) is 47.1 Å². The van der Waals surface area contributed by atoms with Crippen LogP contribution in [0.4, 0.5) is 28.4 Å². The Bertz CT molecular complexity index is 2190. The number of hydrogen-bond acceptors (Lipinski definition) is 10. The fourth-order valence-electron chi connectivity index (χ4n) is 5.70. The number of nitrogens with one attached hydrogen (secondary N) is 2. The van der Waals surface area contributed by atoms with Gasteiger partial charge in [-0.05, 0) is 126 Å². The average molecular weight is 880 g/mol. The van der Waals surface area contributed by atoms with Crippen LogP contribution in [0.3, 0.4) is 0 Å². The van der Waals surface area contributed by atoms with E-state index in [1.54, 1.807) is 59.7 Å². The summed E-state index contributed by atoms with van der Waals surface area (Å²) in [6.07, 6.45) is -5.49. The lowest BCUT2D eigenvalue weighted by molar-refractivity contribution is -0.150. The van der Waals surface area contributed by atoms with Crippen LogP contribution in [0, 0.1) is 5.92 Å². The Kier molecular flexibility index (Phi) is 16.8. The van der Waals surface area contributed by atoms with Crippen LogP contribution in [0.15, 0.2) is 102 Å². The fraction of sp³-hybridized carbons (Fsp3) is 0.348. The van der Waals surface area contributed by atoms with Gasteiger partial charge >= 0.3 is 30.3 Å². The number of rotatable bonds is 14. The van der Waals surface area contributed by atoms with Crippen LogP contribution >= 0.6 is 11.6 Å². The molecule has 2 amide bonds. The molecule has 0 saturated carbocycles. The zero-order valence-corrected chi connectivity index (χ0v) is 35.9. The lowest BCUT2D eigenvalue weighted by Crippen LogP contribution is -2.47. The van der Waals surface area contributed by atoms with Crippen molar-refractivity contribution in [3.63, 3.8) is 0 Å². The highest BCUT2D eigenvalue weighted by Gasteiger charge is 2.30. The average Bonchev–Trinajstić information content (AvgIpc) is 3.16. The molecule has 0 bridgehead atoms. The summed E-state index contributed by atoms with van der Waals surface area (Å²) < 4.78 is 60.9. The second-order valence-electron chi connectivity index (χ2n) is 16.2. The van der Waals surface area contributed by atoms with Gasteiger partial charge in [0.25, 0.3) is 0 Å². The minimum atomic E-state index is -4.49. The van der Waals surface area contributed by atoms with Gasteiger partial charge in [-0.3, -0.25) is 20.2 Å². The molecule has 4 rings (SSSR count). The first-order chi connectivity index (χ1) is 29.0. The Labute approximate surface area is 363 Å². The normalized spacial score (nSPS) is 12.0. The third kappa shape index (κ3) is 17.0. The van der Waals surface area contributed by atoms with E-state index in [4.69, 9.17) is 30.5 Å². The van der Waals surface area contributed by atoms with Crippen LogP contribution in [0.25, 0.3) is 0 Å². The number of hydrogen-bond donors (Lipinski definition) is 2. The molecule has 0 heterocycles. The van der Waals surface area contributed by atoms with Gasteiger partial charge in [0, 0.05) is 17.9 Å². The standard InChI is InChI=1S/C46H49ClF3N3O9/c1-44(2,3)61-42(57)52-41(53-43(58)62-45(4,5)6)51-35-22-17-31(18-23-35)40(56)60-37-24-19-32(38(47)27-37)26-36(54)14-10-13-33(39(55)59-28-30-11-8-7-9-12-30)25-29-15-20-34(21-16-29)46(48,49)50/h7-9,11-12,15-24,27,33H,10,13-14,25-26,28H2,1-6H3,(H2,51,52,53,57,58). The Balaban J connectivity index is 1.34. The van der Waals surface area contributed by atoms with E-state index in [-0.39, 0.29) is 66.1 Å². The van der Waals surface area contributed by atoms with Crippen molar-refractivity contribution in [1.82, 2.24) is 10.6 Å². The van der Waals surface area contributed by atoms with E-state index in [0.717, 1.165) is 17.7 Å². The first-order valence-corrected chi connectivity index (χ1v) is 20.0. The number of alkyl carbamates (subject to hydrolysis) is 2. The number of aliphatic imine (C=N–C) groups is 1. The molecular formula is C46H49ClF3N3O9. The van der Waals surface area contributed by atoms with Crippen molar-refractivity contribution < 1.29 is 56.1 Å². The molecule has 0 aliphatic rings. The number of guanidine groups is 1. The van der Waals surface area contributed by atoms with Crippen molar-refractivity contribution in [2.24, 2.45) is 10.9 Å². The first kappa shape index (κ1) is 48.4. The lowest BCUT2D eigenvalue weighted by atomic mass is 9.92. The number of nitrogens with zero attached hydrogens (tertiary/aromatic N) is 1. The van der Waals surface area contributed by atoms with Crippen LogP contribution in [0.5, 0.6) is 5.75 Å². The van der Waals surface area contributed by atoms with E-state index in [0.29, 0.717) is 17.5 Å². The fourth-order valence-corrected chi connectivity index (χ4v) is 5.94. The van der Waals surface area contributed by atoms with Gasteiger partial charge in [0.2, 0.25) is 5.96 Å². The number of halogens is 4. The highest BCUT2D eigenvalue weighted by molar-refractivity contribution is 6.31. The van der Waals surface area contributed by atoms with Gasteiger partial charge in [-0.2, -0.15) is 13.2 Å². The quantitative estimate of drug-likeness (QED) is 0.0413. The van der Waals surface area contributed by atoms with Crippen LogP contribution < -0.4 is 15.4 Å². The van der Waals surface area contributed by atoms with Gasteiger partial charge in [0.1, 0.15) is 29.3 Å². The molecule has 2 N–H and O–H groups in total. The van der Waals surface area contributed by atoms with Gasteiger partial charge < -0.3 is 18.9 Å². The number of ketones is 1. The molecule has 4 aromatic rings. The van der Waals surface area contributed by atoms with Gasteiger partial charge in [-0.15, -0.1) is 0 Å². The molecule has 1 atom stereocenters. The molecule has 0 radical (unpaired) electrons. The molecule has 1 unspecified atom stereocenters. The summed E-state index contributed by atoms with van der Waals surface area (Å²) in [6, 6.07) is 23.9. The summed E-state index contributed by atoms with van der Waals surface area (Å²) >= 11 is 6.49. The summed E-state index contributed by atoms with van der Waals surface area (Å²) in [6.45, 7) is 10.1. The van der Waals surface area contributed by atoms with Crippen LogP contribution in [0.2, 0.25) is 5.02 Å². The van der Waals surface area contributed by atoms with Crippen molar-refractivity contribution in [2.45, 2.75) is 97.6 Å². The maximum absolute atomic E-state index is 13.2. The van der Waals surface area contributed by atoms with E-state index in [1.165, 1.54) is 48.5 Å². The second kappa shape index (κ2) is 21.5. The minimum absolute atomic E-state index is 0.0291. The summed E-state index contributed by atoms with van der Waals surface area (Å²) in [5.41, 5.74) is -0.274. The molecule has 4 aromatic carbocycles. The second-order valence-corrected chi connectivity index (χ2v) is 16.6. The Morgan fingerprint density at radius 2 is 1.34 bits per heavy atom. The largest absolute Gasteiger partial charge is 0.461 e. The lowest BCUT2D eigenvalue weighted by Gasteiger charge is -2.22. The van der Waals surface area contributed by atoms with Gasteiger partial charge in [-0.25, -0.2) is 19.4 Å². The Morgan fingerprint density at radius 3 is 1.89 bits per heavy atom. The molecule has 0 aromatic heterocycles. The number of alkyl halides is 3. The number of amides is 2. The first-order valence-electron chi connectivity index (χ1n) is 19.6. The number of benzene rings is 4. The van der Waals surface area contributed by atoms with E-state index >= 15 is 0 Å². The maximum atomic E-state index is 13.2. The molecule has 0 aliphatic carbocycles. The molecule has 330 valence electrons. The highest BCUT2D eigenvalue weighted by atomic mass is 35.5. The van der Waals surface area contributed by atoms with Crippen molar-refractivity contribution in [3.8, 4) is 5.75 Å².